The number of methoxy groups -OCH3 is 1. The highest BCUT2D eigenvalue weighted by molar-refractivity contribution is 7.81. The number of fused-ring (bicyclic) bond motifs is 1. The van der Waals surface area contributed by atoms with Crippen LogP contribution in [0.3, 0.4) is 0 Å². The van der Waals surface area contributed by atoms with E-state index in [1.807, 2.05) is 18.2 Å². The molecule has 4 nitrogen and oxygen atoms in total. The van der Waals surface area contributed by atoms with Gasteiger partial charge in [0, 0.05) is 0 Å². The number of ether oxygens (including phenoxy) is 1. The van der Waals surface area contributed by atoms with E-state index in [0.29, 0.717) is 5.13 Å². The van der Waals surface area contributed by atoms with E-state index < -0.39 is 0 Å². The lowest BCUT2D eigenvalue weighted by Crippen LogP contribution is -2.12. The summed E-state index contributed by atoms with van der Waals surface area (Å²) >= 11 is 5.30. The predicted octanol–water partition coefficient (Wildman–Crippen LogP) is 2.17. The van der Waals surface area contributed by atoms with Crippen molar-refractivity contribution >= 4 is 45.2 Å². The summed E-state index contributed by atoms with van der Waals surface area (Å²) in [5, 5.41) is 3.26. The lowest BCUT2D eigenvalue weighted by molar-refractivity contribution is -0.113. The zero-order valence-corrected chi connectivity index (χ0v) is 10.3. The standard InChI is InChI=1S/C10H10N2O2S2/c1-14-6-2-3-7-8(4-6)16-10(11-7)12-9(13)5-15/h2-4,15H,5H2,1H3,(H,11,12,13). The molecule has 0 saturated heterocycles. The summed E-state index contributed by atoms with van der Waals surface area (Å²) < 4.78 is 6.09. The molecule has 0 fully saturated rings. The van der Waals surface area contributed by atoms with E-state index in [9.17, 15) is 4.79 Å². The van der Waals surface area contributed by atoms with Crippen LogP contribution in [-0.4, -0.2) is 23.8 Å². The molecule has 0 aliphatic carbocycles. The third-order valence-electron chi connectivity index (χ3n) is 1.99. The van der Waals surface area contributed by atoms with Gasteiger partial charge in [-0.25, -0.2) is 4.98 Å². The first-order valence-corrected chi connectivity index (χ1v) is 6.03. The van der Waals surface area contributed by atoms with Gasteiger partial charge in [0.15, 0.2) is 5.13 Å². The van der Waals surface area contributed by atoms with Crippen molar-refractivity contribution in [1.29, 1.82) is 0 Å². The third kappa shape index (κ3) is 2.28. The van der Waals surface area contributed by atoms with Crippen LogP contribution < -0.4 is 10.1 Å². The van der Waals surface area contributed by atoms with Crippen LogP contribution in [0, 0.1) is 0 Å². The van der Waals surface area contributed by atoms with Crippen LogP contribution in [0.15, 0.2) is 18.2 Å². The largest absolute Gasteiger partial charge is 0.497 e. The average Bonchev–Trinajstić information content (AvgIpc) is 2.69. The fourth-order valence-corrected chi connectivity index (χ4v) is 2.23. The second kappa shape index (κ2) is 4.71. The number of aromatic nitrogens is 1. The predicted molar refractivity (Wildman–Crippen MR) is 68.7 cm³/mol. The lowest BCUT2D eigenvalue weighted by Gasteiger charge is -1.96. The fraction of sp³-hybridized carbons (Fsp3) is 0.200. The molecule has 0 bridgehead atoms. The van der Waals surface area contributed by atoms with Crippen molar-refractivity contribution in [2.24, 2.45) is 0 Å². The van der Waals surface area contributed by atoms with Gasteiger partial charge in [0.2, 0.25) is 5.91 Å². The molecule has 0 unspecified atom stereocenters. The van der Waals surface area contributed by atoms with E-state index in [2.05, 4.69) is 22.9 Å². The maximum atomic E-state index is 11.1. The summed E-state index contributed by atoms with van der Waals surface area (Å²) in [6.45, 7) is 0. The molecule has 0 saturated carbocycles. The van der Waals surface area contributed by atoms with Crippen LogP contribution in [0.25, 0.3) is 10.2 Å². The Bertz CT molecular complexity index is 525. The zero-order chi connectivity index (χ0) is 11.5. The van der Waals surface area contributed by atoms with Gasteiger partial charge in [0.1, 0.15) is 5.75 Å². The highest BCUT2D eigenvalue weighted by atomic mass is 32.1. The molecule has 16 heavy (non-hydrogen) atoms. The Morgan fingerprint density at radius 3 is 3.12 bits per heavy atom. The molecule has 1 amide bonds. The van der Waals surface area contributed by atoms with Crippen LogP contribution in [-0.2, 0) is 4.79 Å². The van der Waals surface area contributed by atoms with Gasteiger partial charge in [0.05, 0.1) is 23.1 Å². The second-order valence-electron chi connectivity index (χ2n) is 3.06. The van der Waals surface area contributed by atoms with Gasteiger partial charge in [0.25, 0.3) is 0 Å². The molecule has 0 aliphatic heterocycles. The number of hydrogen-bond donors (Lipinski definition) is 2. The summed E-state index contributed by atoms with van der Waals surface area (Å²) in [4.78, 5) is 15.4. The van der Waals surface area contributed by atoms with Crippen molar-refractivity contribution in [3.63, 3.8) is 0 Å². The summed E-state index contributed by atoms with van der Waals surface area (Å²) in [6.07, 6.45) is 0. The van der Waals surface area contributed by atoms with Crippen LogP contribution in [0.2, 0.25) is 0 Å². The Hall–Kier alpha value is -1.27. The Labute approximate surface area is 102 Å². The van der Waals surface area contributed by atoms with E-state index in [-0.39, 0.29) is 11.7 Å². The molecular formula is C10H10N2O2S2. The number of thiol groups is 1. The maximum Gasteiger partial charge on any atom is 0.235 e. The lowest BCUT2D eigenvalue weighted by atomic mass is 10.3. The van der Waals surface area contributed by atoms with E-state index in [4.69, 9.17) is 4.74 Å². The normalized spacial score (nSPS) is 10.4. The number of rotatable bonds is 3. The van der Waals surface area contributed by atoms with Crippen molar-refractivity contribution in [1.82, 2.24) is 4.98 Å². The molecule has 1 aromatic heterocycles. The van der Waals surface area contributed by atoms with Crippen LogP contribution in [0.5, 0.6) is 5.75 Å². The van der Waals surface area contributed by atoms with Gasteiger partial charge in [-0.15, -0.1) is 0 Å². The first-order valence-electron chi connectivity index (χ1n) is 4.58. The topological polar surface area (TPSA) is 51.2 Å². The van der Waals surface area contributed by atoms with Gasteiger partial charge < -0.3 is 10.1 Å². The quantitative estimate of drug-likeness (QED) is 0.825. The van der Waals surface area contributed by atoms with Crippen molar-refractivity contribution in [2.45, 2.75) is 0 Å². The maximum absolute atomic E-state index is 11.1. The molecule has 1 heterocycles. The van der Waals surface area contributed by atoms with E-state index in [1.54, 1.807) is 7.11 Å². The Kier molecular flexibility index (Phi) is 3.31. The summed E-state index contributed by atoms with van der Waals surface area (Å²) in [5.41, 5.74) is 0.847. The SMILES string of the molecule is COc1ccc2nc(NC(=O)CS)sc2c1. The van der Waals surface area contributed by atoms with Crippen LogP contribution in [0.1, 0.15) is 0 Å². The average molecular weight is 254 g/mol. The van der Waals surface area contributed by atoms with Crippen LogP contribution in [0.4, 0.5) is 5.13 Å². The molecule has 0 spiro atoms. The molecular weight excluding hydrogens is 244 g/mol. The Morgan fingerprint density at radius 1 is 1.62 bits per heavy atom. The minimum atomic E-state index is -0.158. The monoisotopic (exact) mass is 254 g/mol. The highest BCUT2D eigenvalue weighted by Gasteiger charge is 2.07. The number of benzene rings is 1. The van der Waals surface area contributed by atoms with Crippen molar-refractivity contribution < 1.29 is 9.53 Å². The number of nitrogens with one attached hydrogen (secondary N) is 1. The number of thiazole rings is 1. The molecule has 2 rings (SSSR count). The molecule has 0 atom stereocenters. The molecule has 0 radical (unpaired) electrons. The highest BCUT2D eigenvalue weighted by Crippen LogP contribution is 2.28. The second-order valence-corrected chi connectivity index (χ2v) is 4.41. The van der Waals surface area contributed by atoms with E-state index in [0.717, 1.165) is 16.0 Å². The van der Waals surface area contributed by atoms with Crippen molar-refractivity contribution in [3.05, 3.63) is 18.2 Å². The van der Waals surface area contributed by atoms with E-state index in [1.165, 1.54) is 11.3 Å². The molecule has 2 aromatic rings. The minimum absolute atomic E-state index is 0.152. The Morgan fingerprint density at radius 2 is 2.44 bits per heavy atom. The van der Waals surface area contributed by atoms with Gasteiger partial charge >= 0.3 is 0 Å². The molecule has 84 valence electrons. The summed E-state index contributed by atoms with van der Waals surface area (Å²) in [5.74, 6) is 0.775. The van der Waals surface area contributed by atoms with Gasteiger partial charge in [-0.2, -0.15) is 12.6 Å². The molecule has 0 aliphatic rings. The fourth-order valence-electron chi connectivity index (χ4n) is 1.24. The van der Waals surface area contributed by atoms with Crippen molar-refractivity contribution in [2.75, 3.05) is 18.2 Å². The summed E-state index contributed by atoms with van der Waals surface area (Å²) in [7, 11) is 1.62. The van der Waals surface area contributed by atoms with Gasteiger partial charge in [-0.1, -0.05) is 11.3 Å². The minimum Gasteiger partial charge on any atom is -0.497 e. The zero-order valence-electron chi connectivity index (χ0n) is 8.56. The number of carbonyl (C=O) groups excluding carboxylic acids is 1. The number of anilines is 1. The van der Waals surface area contributed by atoms with E-state index >= 15 is 0 Å². The number of carbonyl (C=O) groups is 1. The molecule has 6 heteroatoms. The molecule has 1 N–H and O–H groups in total. The van der Waals surface area contributed by atoms with Gasteiger partial charge in [-0.05, 0) is 18.2 Å². The molecule has 1 aromatic carbocycles. The number of hydrogen-bond acceptors (Lipinski definition) is 5. The Balaban J connectivity index is 2.32. The number of amides is 1. The first-order chi connectivity index (χ1) is 7.72. The third-order valence-corrected chi connectivity index (χ3v) is 3.21. The van der Waals surface area contributed by atoms with Gasteiger partial charge in [-0.3, -0.25) is 4.79 Å². The van der Waals surface area contributed by atoms with Crippen LogP contribution >= 0.6 is 24.0 Å². The number of nitrogens with zero attached hydrogens (tertiary/aromatic N) is 1. The van der Waals surface area contributed by atoms with Crippen molar-refractivity contribution in [3.8, 4) is 5.75 Å². The first kappa shape index (κ1) is 11.2. The summed E-state index contributed by atoms with van der Waals surface area (Å²) in [6, 6.07) is 5.59. The smallest absolute Gasteiger partial charge is 0.235 e.